The van der Waals surface area contributed by atoms with E-state index in [1.54, 1.807) is 0 Å². The Morgan fingerprint density at radius 1 is 1.10 bits per heavy atom. The molecule has 5 heteroatoms. The normalized spacial score (nSPS) is 11.1. The number of hydrogen-bond donors (Lipinski definition) is 2. The van der Waals surface area contributed by atoms with Crippen LogP contribution in [-0.2, 0) is 11.2 Å². The van der Waals surface area contributed by atoms with Crippen molar-refractivity contribution in [1.82, 2.24) is 4.98 Å². The van der Waals surface area contributed by atoms with Gasteiger partial charge in [-0.25, -0.2) is 0 Å². The monoisotopic (exact) mass is 327 g/mol. The summed E-state index contributed by atoms with van der Waals surface area (Å²) in [6.45, 7) is 0. The summed E-state index contributed by atoms with van der Waals surface area (Å²) < 4.78 is 0. The van der Waals surface area contributed by atoms with Crippen LogP contribution in [-0.4, -0.2) is 16.1 Å². The molecule has 0 aliphatic heterocycles. The van der Waals surface area contributed by atoms with Crippen LogP contribution in [0.2, 0.25) is 10.0 Å². The van der Waals surface area contributed by atoms with E-state index in [-0.39, 0.29) is 6.42 Å². The number of benzene rings is 1. The predicted molar refractivity (Wildman–Crippen MR) is 87.4 cm³/mol. The highest BCUT2D eigenvalue weighted by Gasteiger charge is 2.07. The van der Waals surface area contributed by atoms with Gasteiger partial charge >= 0.3 is 5.97 Å². The molecule has 21 heavy (non-hydrogen) atoms. The predicted octanol–water partition coefficient (Wildman–Crippen LogP) is 5.44. The smallest absolute Gasteiger partial charge is 0.303 e. The molecule has 2 N–H and O–H groups in total. The number of aromatic amines is 1. The summed E-state index contributed by atoms with van der Waals surface area (Å²) >= 11 is 12.2. The lowest BCUT2D eigenvalue weighted by molar-refractivity contribution is -0.137. The molecule has 0 amide bonds. The second kappa shape index (κ2) is 7.71. The van der Waals surface area contributed by atoms with Gasteiger partial charge in [-0.05, 0) is 31.4 Å². The van der Waals surface area contributed by atoms with Gasteiger partial charge in [0, 0.05) is 17.5 Å². The van der Waals surface area contributed by atoms with Gasteiger partial charge in [0.15, 0.2) is 0 Å². The maximum atomic E-state index is 10.4. The van der Waals surface area contributed by atoms with E-state index in [0.717, 1.165) is 49.4 Å². The fraction of sp³-hybridized carbons (Fsp3) is 0.438. The van der Waals surface area contributed by atoms with E-state index in [0.29, 0.717) is 10.0 Å². The van der Waals surface area contributed by atoms with Crippen molar-refractivity contribution in [1.29, 1.82) is 0 Å². The zero-order chi connectivity index (χ0) is 15.2. The highest BCUT2D eigenvalue weighted by Crippen LogP contribution is 2.30. The number of nitrogens with one attached hydrogen (secondary N) is 1. The first-order chi connectivity index (χ1) is 10.1. The van der Waals surface area contributed by atoms with Gasteiger partial charge in [-0.3, -0.25) is 4.79 Å². The lowest BCUT2D eigenvalue weighted by Gasteiger charge is -2.00. The first kappa shape index (κ1) is 16.2. The summed E-state index contributed by atoms with van der Waals surface area (Å²) in [6, 6.07) is 5.89. The molecule has 0 aliphatic carbocycles. The van der Waals surface area contributed by atoms with E-state index in [9.17, 15) is 4.79 Å². The van der Waals surface area contributed by atoms with Gasteiger partial charge in [0.25, 0.3) is 0 Å². The molecular formula is C16H19Cl2NO2. The summed E-state index contributed by atoms with van der Waals surface area (Å²) in [4.78, 5) is 13.7. The molecule has 0 radical (unpaired) electrons. The number of hydrogen-bond acceptors (Lipinski definition) is 1. The zero-order valence-electron chi connectivity index (χ0n) is 11.8. The van der Waals surface area contributed by atoms with E-state index in [4.69, 9.17) is 28.3 Å². The van der Waals surface area contributed by atoms with Crippen LogP contribution < -0.4 is 0 Å². The average Bonchev–Trinajstić information content (AvgIpc) is 2.85. The molecule has 1 heterocycles. The highest BCUT2D eigenvalue weighted by molar-refractivity contribution is 6.45. The fourth-order valence-corrected chi connectivity index (χ4v) is 2.83. The number of carboxylic acid groups (broad SMARTS) is 1. The molecule has 0 bridgehead atoms. The molecular weight excluding hydrogens is 309 g/mol. The molecule has 1 aromatic heterocycles. The Labute approximate surface area is 134 Å². The van der Waals surface area contributed by atoms with Crippen molar-refractivity contribution in [3.05, 3.63) is 33.9 Å². The number of aliphatic carboxylic acids is 1. The van der Waals surface area contributed by atoms with Crippen LogP contribution in [0.1, 0.15) is 44.2 Å². The quantitative estimate of drug-likeness (QED) is 0.634. The van der Waals surface area contributed by atoms with Gasteiger partial charge in [-0.15, -0.1) is 0 Å². The second-order valence-electron chi connectivity index (χ2n) is 5.28. The molecule has 0 aliphatic rings. The number of H-pyrrole nitrogens is 1. The van der Waals surface area contributed by atoms with Crippen LogP contribution in [0.4, 0.5) is 0 Å². The maximum absolute atomic E-state index is 10.4. The molecule has 2 aromatic rings. The Kier molecular flexibility index (Phi) is 5.95. The first-order valence-electron chi connectivity index (χ1n) is 7.25. The van der Waals surface area contributed by atoms with Gasteiger partial charge in [-0.2, -0.15) is 0 Å². The van der Waals surface area contributed by atoms with Crippen LogP contribution in [0, 0.1) is 0 Å². The van der Waals surface area contributed by atoms with Gasteiger partial charge in [0.2, 0.25) is 0 Å². The van der Waals surface area contributed by atoms with Crippen molar-refractivity contribution in [2.75, 3.05) is 0 Å². The number of carbonyl (C=O) groups is 1. The van der Waals surface area contributed by atoms with E-state index in [1.807, 2.05) is 12.1 Å². The minimum Gasteiger partial charge on any atom is -0.481 e. The largest absolute Gasteiger partial charge is 0.481 e. The minimum atomic E-state index is -0.705. The number of unbranched alkanes of at least 4 members (excludes halogenated alkanes) is 4. The average molecular weight is 328 g/mol. The van der Waals surface area contributed by atoms with Crippen molar-refractivity contribution < 1.29 is 9.90 Å². The summed E-state index contributed by atoms with van der Waals surface area (Å²) in [7, 11) is 0. The fourth-order valence-electron chi connectivity index (χ4n) is 2.45. The molecule has 0 spiro atoms. The molecule has 0 unspecified atom stereocenters. The van der Waals surface area contributed by atoms with Crippen LogP contribution in [0.5, 0.6) is 0 Å². The molecule has 3 nitrogen and oxygen atoms in total. The first-order valence-corrected chi connectivity index (χ1v) is 8.01. The van der Waals surface area contributed by atoms with E-state index < -0.39 is 5.97 Å². The molecule has 0 fully saturated rings. The van der Waals surface area contributed by atoms with Crippen LogP contribution >= 0.6 is 23.2 Å². The minimum absolute atomic E-state index is 0.279. The molecule has 0 atom stereocenters. The summed E-state index contributed by atoms with van der Waals surface area (Å²) in [6.07, 6.45) is 6.30. The summed E-state index contributed by atoms with van der Waals surface area (Å²) in [5.41, 5.74) is 2.07. The number of carboxylic acids is 1. The lowest BCUT2D eigenvalue weighted by Crippen LogP contribution is -1.93. The third kappa shape index (κ3) is 4.65. The third-order valence-electron chi connectivity index (χ3n) is 3.58. The standard InChI is InChI=1S/C16H19Cl2NO2/c17-13-9-8-11-10-12(19-16(11)15(13)18)6-4-2-1-3-5-7-14(20)21/h8-10,19H,1-7H2,(H,20,21). The Balaban J connectivity index is 1.76. The molecule has 0 saturated carbocycles. The topological polar surface area (TPSA) is 53.1 Å². The molecule has 114 valence electrons. The van der Waals surface area contributed by atoms with Crippen LogP contribution in [0.15, 0.2) is 18.2 Å². The Hall–Kier alpha value is -1.19. The molecule has 1 aromatic carbocycles. The second-order valence-corrected chi connectivity index (χ2v) is 6.07. The van der Waals surface area contributed by atoms with Crippen molar-refractivity contribution >= 4 is 40.1 Å². The number of fused-ring (bicyclic) bond motifs is 1. The van der Waals surface area contributed by atoms with Gasteiger partial charge < -0.3 is 10.1 Å². The zero-order valence-corrected chi connectivity index (χ0v) is 13.3. The van der Waals surface area contributed by atoms with E-state index in [2.05, 4.69) is 11.1 Å². The Bertz CT molecular complexity index is 622. The Morgan fingerprint density at radius 2 is 1.81 bits per heavy atom. The van der Waals surface area contributed by atoms with Gasteiger partial charge in [-0.1, -0.05) is 48.5 Å². The van der Waals surface area contributed by atoms with Crippen molar-refractivity contribution in [3.8, 4) is 0 Å². The van der Waals surface area contributed by atoms with E-state index >= 15 is 0 Å². The summed E-state index contributed by atoms with van der Waals surface area (Å²) in [5, 5.41) is 10.8. The number of rotatable bonds is 8. The number of halogens is 2. The SMILES string of the molecule is O=C(O)CCCCCCCc1cc2ccc(Cl)c(Cl)c2[nH]1. The Morgan fingerprint density at radius 3 is 2.57 bits per heavy atom. The number of aryl methyl sites for hydroxylation is 1. The highest BCUT2D eigenvalue weighted by atomic mass is 35.5. The third-order valence-corrected chi connectivity index (χ3v) is 4.38. The molecule has 2 rings (SSSR count). The van der Waals surface area contributed by atoms with Crippen LogP contribution in [0.3, 0.4) is 0 Å². The summed E-state index contributed by atoms with van der Waals surface area (Å²) in [5.74, 6) is -0.705. The van der Waals surface area contributed by atoms with Gasteiger partial charge in [0.05, 0.1) is 15.6 Å². The van der Waals surface area contributed by atoms with Crippen molar-refractivity contribution in [2.24, 2.45) is 0 Å². The van der Waals surface area contributed by atoms with Gasteiger partial charge in [0.1, 0.15) is 0 Å². The lowest BCUT2D eigenvalue weighted by atomic mass is 10.1. The van der Waals surface area contributed by atoms with Crippen molar-refractivity contribution in [2.45, 2.75) is 44.9 Å². The van der Waals surface area contributed by atoms with Crippen LogP contribution in [0.25, 0.3) is 10.9 Å². The molecule has 0 saturated heterocycles. The van der Waals surface area contributed by atoms with E-state index in [1.165, 1.54) is 5.69 Å². The maximum Gasteiger partial charge on any atom is 0.303 e. The number of aromatic nitrogens is 1. The van der Waals surface area contributed by atoms with Crippen molar-refractivity contribution in [3.63, 3.8) is 0 Å².